The first kappa shape index (κ1) is 13.8. The van der Waals surface area contributed by atoms with Crippen LogP contribution in [0.5, 0.6) is 0 Å². The number of nitrogens with two attached hydrogens (primary N) is 1. The fraction of sp³-hybridized carbons (Fsp3) is 0.214. The van der Waals surface area contributed by atoms with Crippen molar-refractivity contribution in [3.63, 3.8) is 0 Å². The quantitative estimate of drug-likeness (QED) is 0.807. The summed E-state index contributed by atoms with van der Waals surface area (Å²) in [6.07, 6.45) is 0. The summed E-state index contributed by atoms with van der Waals surface area (Å²) in [6, 6.07) is 6.20. The summed E-state index contributed by atoms with van der Waals surface area (Å²) < 4.78 is 14.8. The fourth-order valence-electron chi connectivity index (χ4n) is 2.03. The Kier molecular flexibility index (Phi) is 3.52. The largest absolute Gasteiger partial charge is 0.325 e. The van der Waals surface area contributed by atoms with Crippen LogP contribution in [0.4, 0.5) is 4.39 Å². The molecule has 2 aromatic heterocycles. The van der Waals surface area contributed by atoms with Crippen LogP contribution in [0.25, 0.3) is 16.4 Å². The van der Waals surface area contributed by atoms with Gasteiger partial charge >= 0.3 is 0 Å². The van der Waals surface area contributed by atoms with Crippen LogP contribution >= 0.6 is 11.3 Å². The highest BCUT2D eigenvalue weighted by Gasteiger charge is 2.18. The van der Waals surface area contributed by atoms with Crippen LogP contribution in [0.1, 0.15) is 16.3 Å². The molecule has 0 aliphatic heterocycles. The lowest BCUT2D eigenvalue weighted by Gasteiger charge is -2.05. The van der Waals surface area contributed by atoms with Crippen LogP contribution in [0.3, 0.4) is 0 Å². The second-order valence-corrected chi connectivity index (χ2v) is 5.83. The van der Waals surface area contributed by atoms with Crippen molar-refractivity contribution in [2.24, 2.45) is 5.73 Å². The molecular formula is C14H14FN5S. The van der Waals surface area contributed by atoms with E-state index >= 15 is 0 Å². The Morgan fingerprint density at radius 2 is 1.95 bits per heavy atom. The topological polar surface area (TPSA) is 69.6 Å². The first-order valence-electron chi connectivity index (χ1n) is 6.45. The molecular weight excluding hydrogens is 289 g/mol. The van der Waals surface area contributed by atoms with Crippen LogP contribution in [0.15, 0.2) is 24.3 Å². The fourth-order valence-corrected chi connectivity index (χ4v) is 2.89. The van der Waals surface area contributed by atoms with E-state index in [0.717, 1.165) is 27.0 Å². The lowest BCUT2D eigenvalue weighted by molar-refractivity contribution is 0.628. The van der Waals surface area contributed by atoms with E-state index in [-0.39, 0.29) is 12.4 Å². The molecule has 0 saturated carbocycles. The van der Waals surface area contributed by atoms with Crippen molar-refractivity contribution in [2.75, 3.05) is 0 Å². The van der Waals surface area contributed by atoms with Gasteiger partial charge in [-0.3, -0.25) is 0 Å². The van der Waals surface area contributed by atoms with E-state index in [0.29, 0.717) is 5.69 Å². The Labute approximate surface area is 125 Å². The lowest BCUT2D eigenvalue weighted by Crippen LogP contribution is -2.02. The van der Waals surface area contributed by atoms with E-state index in [1.807, 2.05) is 13.8 Å². The summed E-state index contributed by atoms with van der Waals surface area (Å²) >= 11 is 1.54. The standard InChI is InChI=1S/C14H14FN5S/c1-8-9(2)21-14(17-8)20-13(12(7-16)18-19-20)10-3-5-11(15)6-4-10/h3-6H,7,16H2,1-2H3. The third-order valence-corrected chi connectivity index (χ3v) is 4.30. The van der Waals surface area contributed by atoms with Crippen LogP contribution < -0.4 is 5.73 Å². The first-order valence-corrected chi connectivity index (χ1v) is 7.26. The second-order valence-electron chi connectivity index (χ2n) is 4.65. The maximum absolute atomic E-state index is 13.1. The van der Waals surface area contributed by atoms with Gasteiger partial charge in [-0.1, -0.05) is 16.6 Å². The number of hydrogen-bond donors (Lipinski definition) is 1. The Balaban J connectivity index is 2.18. The maximum atomic E-state index is 13.1. The predicted octanol–water partition coefficient (Wildman–Crippen LogP) is 2.61. The molecule has 0 spiro atoms. The van der Waals surface area contributed by atoms with Crippen LogP contribution in [0, 0.1) is 19.7 Å². The highest BCUT2D eigenvalue weighted by Crippen LogP contribution is 2.28. The SMILES string of the molecule is Cc1nc(-n2nnc(CN)c2-c2ccc(F)cc2)sc1C. The first-order chi connectivity index (χ1) is 10.1. The van der Waals surface area contributed by atoms with Gasteiger partial charge in [-0.05, 0) is 38.1 Å². The molecule has 0 unspecified atom stereocenters. The maximum Gasteiger partial charge on any atom is 0.212 e. The molecule has 3 rings (SSSR count). The third-order valence-electron chi connectivity index (χ3n) is 3.25. The van der Waals surface area contributed by atoms with Gasteiger partial charge in [0.15, 0.2) is 0 Å². The smallest absolute Gasteiger partial charge is 0.212 e. The zero-order valence-electron chi connectivity index (χ0n) is 11.7. The zero-order chi connectivity index (χ0) is 15.0. The molecule has 0 radical (unpaired) electrons. The molecule has 108 valence electrons. The normalized spacial score (nSPS) is 11.0. The molecule has 0 bridgehead atoms. The molecule has 0 saturated heterocycles. The van der Waals surface area contributed by atoms with Gasteiger partial charge in [-0.15, -0.1) is 5.10 Å². The average molecular weight is 303 g/mol. The number of rotatable bonds is 3. The van der Waals surface area contributed by atoms with Crippen molar-refractivity contribution in [1.29, 1.82) is 0 Å². The number of aryl methyl sites for hydroxylation is 2. The monoisotopic (exact) mass is 303 g/mol. The number of thiazole rings is 1. The summed E-state index contributed by atoms with van der Waals surface area (Å²) in [5.74, 6) is -0.284. The van der Waals surface area contributed by atoms with Crippen molar-refractivity contribution in [1.82, 2.24) is 20.0 Å². The molecule has 0 fully saturated rings. The summed E-state index contributed by atoms with van der Waals surface area (Å²) in [5.41, 5.74) is 8.93. The van der Waals surface area contributed by atoms with Crippen molar-refractivity contribution in [3.05, 3.63) is 46.3 Å². The van der Waals surface area contributed by atoms with Crippen LogP contribution in [0.2, 0.25) is 0 Å². The summed E-state index contributed by atoms with van der Waals surface area (Å²) in [7, 11) is 0. The van der Waals surface area contributed by atoms with E-state index in [2.05, 4.69) is 15.3 Å². The van der Waals surface area contributed by atoms with Gasteiger partial charge in [0.05, 0.1) is 5.69 Å². The minimum Gasteiger partial charge on any atom is -0.325 e. The van der Waals surface area contributed by atoms with Crippen molar-refractivity contribution in [2.45, 2.75) is 20.4 Å². The average Bonchev–Trinajstić information content (AvgIpc) is 3.04. The van der Waals surface area contributed by atoms with E-state index in [1.54, 1.807) is 16.8 Å². The number of benzene rings is 1. The summed E-state index contributed by atoms with van der Waals surface area (Å²) in [5, 5.41) is 8.99. The van der Waals surface area contributed by atoms with E-state index < -0.39 is 0 Å². The Morgan fingerprint density at radius 1 is 1.24 bits per heavy atom. The van der Waals surface area contributed by atoms with Crippen molar-refractivity contribution in [3.8, 4) is 16.4 Å². The molecule has 2 heterocycles. The minimum atomic E-state index is -0.284. The Bertz CT molecular complexity index is 756. The lowest BCUT2D eigenvalue weighted by atomic mass is 10.1. The van der Waals surface area contributed by atoms with Crippen molar-refractivity contribution >= 4 is 11.3 Å². The molecule has 0 aliphatic carbocycles. The zero-order valence-corrected chi connectivity index (χ0v) is 12.5. The Hall–Kier alpha value is -2.12. The number of nitrogens with zero attached hydrogens (tertiary/aromatic N) is 4. The number of aromatic nitrogens is 4. The summed E-state index contributed by atoms with van der Waals surface area (Å²) in [6.45, 7) is 4.22. The van der Waals surface area contributed by atoms with Crippen LogP contribution in [-0.4, -0.2) is 20.0 Å². The molecule has 21 heavy (non-hydrogen) atoms. The highest BCUT2D eigenvalue weighted by molar-refractivity contribution is 7.14. The molecule has 0 aliphatic rings. The van der Waals surface area contributed by atoms with Crippen molar-refractivity contribution < 1.29 is 4.39 Å². The minimum absolute atomic E-state index is 0.260. The number of hydrogen-bond acceptors (Lipinski definition) is 5. The molecule has 2 N–H and O–H groups in total. The van der Waals surface area contributed by atoms with E-state index in [4.69, 9.17) is 5.73 Å². The van der Waals surface area contributed by atoms with E-state index in [1.165, 1.54) is 23.5 Å². The van der Waals surface area contributed by atoms with Gasteiger partial charge in [0.1, 0.15) is 17.2 Å². The van der Waals surface area contributed by atoms with Gasteiger partial charge in [0, 0.05) is 17.0 Å². The predicted molar refractivity (Wildman–Crippen MR) is 79.8 cm³/mol. The highest BCUT2D eigenvalue weighted by atomic mass is 32.1. The molecule has 3 aromatic rings. The molecule has 0 amide bonds. The van der Waals surface area contributed by atoms with E-state index in [9.17, 15) is 4.39 Å². The van der Waals surface area contributed by atoms with Gasteiger partial charge in [-0.2, -0.15) is 4.68 Å². The van der Waals surface area contributed by atoms with Gasteiger partial charge in [0.25, 0.3) is 0 Å². The van der Waals surface area contributed by atoms with Crippen LogP contribution in [-0.2, 0) is 6.54 Å². The second kappa shape index (κ2) is 5.34. The third kappa shape index (κ3) is 2.45. The molecule has 0 atom stereocenters. The molecule has 7 heteroatoms. The Morgan fingerprint density at radius 3 is 2.52 bits per heavy atom. The summed E-state index contributed by atoms with van der Waals surface area (Å²) in [4.78, 5) is 5.62. The molecule has 5 nitrogen and oxygen atoms in total. The van der Waals surface area contributed by atoms with Gasteiger partial charge in [-0.25, -0.2) is 9.37 Å². The molecule has 1 aromatic carbocycles. The van der Waals surface area contributed by atoms with Gasteiger partial charge in [0.2, 0.25) is 5.13 Å². The van der Waals surface area contributed by atoms with Gasteiger partial charge < -0.3 is 5.73 Å². The number of halogens is 1.